The van der Waals surface area contributed by atoms with Crippen LogP contribution in [0.15, 0.2) is 48.5 Å². The molecule has 0 aromatic heterocycles. The lowest BCUT2D eigenvalue weighted by atomic mass is 9.85. The Morgan fingerprint density at radius 2 is 1.48 bits per heavy atom. The Balaban J connectivity index is 1.65. The quantitative estimate of drug-likeness (QED) is 0.799. The maximum Gasteiger partial charge on any atom is 0.234 e. The number of benzene rings is 2. The molecule has 3 atom stereocenters. The molecule has 3 heteroatoms. The van der Waals surface area contributed by atoms with Gasteiger partial charge in [-0.3, -0.25) is 14.5 Å². The highest BCUT2D eigenvalue weighted by Gasteiger charge is 2.76. The summed E-state index contributed by atoms with van der Waals surface area (Å²) < 4.78 is 0. The van der Waals surface area contributed by atoms with Crippen molar-refractivity contribution in [2.24, 2.45) is 11.8 Å². The number of amides is 2. The Labute approximate surface area is 148 Å². The molecular weight excluding hydrogens is 310 g/mol. The van der Waals surface area contributed by atoms with E-state index in [2.05, 4.69) is 39.0 Å². The number of rotatable bonds is 4. The first-order valence-corrected chi connectivity index (χ1v) is 8.97. The van der Waals surface area contributed by atoms with Crippen molar-refractivity contribution in [1.29, 1.82) is 0 Å². The van der Waals surface area contributed by atoms with Crippen LogP contribution in [0.3, 0.4) is 0 Å². The molecule has 1 aliphatic heterocycles. The van der Waals surface area contributed by atoms with Crippen molar-refractivity contribution in [3.05, 3.63) is 70.8 Å². The predicted molar refractivity (Wildman–Crippen MR) is 96.9 cm³/mol. The minimum absolute atomic E-state index is 0.000128. The Hall–Kier alpha value is -2.42. The lowest BCUT2D eigenvalue weighted by molar-refractivity contribution is -0.143. The van der Waals surface area contributed by atoms with Crippen molar-refractivity contribution >= 4 is 11.8 Å². The molecule has 1 unspecified atom stereocenters. The van der Waals surface area contributed by atoms with E-state index in [-0.39, 0.29) is 29.1 Å². The topological polar surface area (TPSA) is 37.4 Å². The number of nitrogens with zero attached hydrogens (tertiary/aromatic N) is 1. The second-order valence-corrected chi connectivity index (χ2v) is 7.47. The van der Waals surface area contributed by atoms with Gasteiger partial charge in [-0.25, -0.2) is 0 Å². The van der Waals surface area contributed by atoms with Crippen LogP contribution < -0.4 is 0 Å². The molecule has 1 aliphatic carbocycles. The van der Waals surface area contributed by atoms with Gasteiger partial charge in [0.1, 0.15) is 0 Å². The third kappa shape index (κ3) is 2.25. The van der Waals surface area contributed by atoms with E-state index in [1.807, 2.05) is 30.3 Å². The number of likely N-dealkylation sites (tertiary alicyclic amines) is 1. The number of hydrogen-bond donors (Lipinski definition) is 0. The van der Waals surface area contributed by atoms with Gasteiger partial charge >= 0.3 is 0 Å². The SMILES string of the molecule is CCC1(c2cc(C)cc(C)c2)[C@@H]2C(=O)N(Cc3ccccc3)C(=O)[C@@H]21. The summed E-state index contributed by atoms with van der Waals surface area (Å²) in [6, 6.07) is 16.2. The molecule has 0 radical (unpaired) electrons. The highest BCUT2D eigenvalue weighted by Crippen LogP contribution is 2.66. The summed E-state index contributed by atoms with van der Waals surface area (Å²) in [6.45, 7) is 6.63. The molecule has 0 N–H and O–H groups in total. The standard InChI is InChI=1S/C22H23NO2/c1-4-22(17-11-14(2)10-15(3)12-17)18-19(22)21(25)23(20(18)24)13-16-8-6-5-7-9-16/h5-12,18-19H,4,13H2,1-3H3/t18-,19+,22?. The van der Waals surface area contributed by atoms with Crippen LogP contribution in [-0.4, -0.2) is 16.7 Å². The van der Waals surface area contributed by atoms with E-state index in [0.29, 0.717) is 6.54 Å². The highest BCUT2D eigenvalue weighted by molar-refractivity contribution is 6.11. The summed E-state index contributed by atoms with van der Waals surface area (Å²) in [5.74, 6) is -0.371. The zero-order valence-corrected chi connectivity index (χ0v) is 15.0. The van der Waals surface area contributed by atoms with Crippen LogP contribution in [-0.2, 0) is 21.5 Å². The summed E-state index contributed by atoms with van der Waals surface area (Å²) in [6.07, 6.45) is 0.821. The van der Waals surface area contributed by atoms with Gasteiger partial charge in [-0.05, 0) is 31.4 Å². The van der Waals surface area contributed by atoms with Gasteiger partial charge in [0.15, 0.2) is 0 Å². The van der Waals surface area contributed by atoms with Crippen LogP contribution in [0.2, 0.25) is 0 Å². The zero-order valence-electron chi connectivity index (χ0n) is 15.0. The molecule has 0 spiro atoms. The number of piperidine rings is 1. The fourth-order valence-corrected chi connectivity index (χ4v) is 4.78. The van der Waals surface area contributed by atoms with Gasteiger partial charge in [-0.15, -0.1) is 0 Å². The average Bonchev–Trinajstić information content (AvgIpc) is 3.22. The van der Waals surface area contributed by atoms with E-state index in [4.69, 9.17) is 0 Å². The normalized spacial score (nSPS) is 27.6. The lowest BCUT2D eigenvalue weighted by Gasteiger charge is -2.25. The minimum atomic E-state index is -0.294. The molecule has 0 bridgehead atoms. The molecule has 2 aromatic rings. The van der Waals surface area contributed by atoms with Gasteiger partial charge in [-0.2, -0.15) is 0 Å². The summed E-state index contributed by atoms with van der Waals surface area (Å²) in [5, 5.41) is 0. The summed E-state index contributed by atoms with van der Waals surface area (Å²) in [7, 11) is 0. The van der Waals surface area contributed by atoms with Crippen molar-refractivity contribution in [2.75, 3.05) is 0 Å². The second-order valence-electron chi connectivity index (χ2n) is 7.47. The molecule has 1 saturated heterocycles. The number of carbonyl (C=O) groups is 2. The number of imide groups is 1. The van der Waals surface area contributed by atoms with E-state index in [1.54, 1.807) is 0 Å². The number of aryl methyl sites for hydroxylation is 2. The van der Waals surface area contributed by atoms with E-state index < -0.39 is 0 Å². The van der Waals surface area contributed by atoms with E-state index in [9.17, 15) is 9.59 Å². The fourth-order valence-electron chi connectivity index (χ4n) is 4.78. The van der Waals surface area contributed by atoms with E-state index in [0.717, 1.165) is 17.5 Å². The van der Waals surface area contributed by atoms with Gasteiger partial charge < -0.3 is 0 Å². The van der Waals surface area contributed by atoms with Crippen LogP contribution in [0.4, 0.5) is 0 Å². The lowest BCUT2D eigenvalue weighted by Crippen LogP contribution is -2.38. The number of carbonyl (C=O) groups excluding carboxylic acids is 2. The zero-order chi connectivity index (χ0) is 17.8. The van der Waals surface area contributed by atoms with Crippen LogP contribution in [0.25, 0.3) is 0 Å². The molecule has 4 rings (SSSR count). The molecule has 1 saturated carbocycles. The molecular formula is C22H23NO2. The van der Waals surface area contributed by atoms with Crippen molar-refractivity contribution in [3.63, 3.8) is 0 Å². The molecule has 1 heterocycles. The van der Waals surface area contributed by atoms with E-state index in [1.165, 1.54) is 16.0 Å². The molecule has 2 amide bonds. The summed E-state index contributed by atoms with van der Waals surface area (Å²) in [5.41, 5.74) is 4.24. The van der Waals surface area contributed by atoms with Crippen molar-refractivity contribution in [2.45, 2.75) is 39.2 Å². The van der Waals surface area contributed by atoms with Crippen LogP contribution >= 0.6 is 0 Å². The largest absolute Gasteiger partial charge is 0.278 e. The first-order chi connectivity index (χ1) is 12.0. The predicted octanol–water partition coefficient (Wildman–Crippen LogP) is 3.77. The Bertz CT molecular complexity index is 813. The van der Waals surface area contributed by atoms with Crippen molar-refractivity contribution < 1.29 is 9.59 Å². The van der Waals surface area contributed by atoms with Crippen molar-refractivity contribution in [1.82, 2.24) is 4.90 Å². The monoisotopic (exact) mass is 333 g/mol. The molecule has 2 fully saturated rings. The smallest absolute Gasteiger partial charge is 0.234 e. The minimum Gasteiger partial charge on any atom is -0.278 e. The molecule has 2 aliphatic rings. The number of fused-ring (bicyclic) bond motifs is 1. The first-order valence-electron chi connectivity index (χ1n) is 8.97. The van der Waals surface area contributed by atoms with Crippen LogP contribution in [0.1, 0.15) is 35.6 Å². The molecule has 25 heavy (non-hydrogen) atoms. The van der Waals surface area contributed by atoms with Crippen molar-refractivity contribution in [3.8, 4) is 0 Å². The Kier molecular flexibility index (Phi) is 3.57. The Morgan fingerprint density at radius 3 is 2.00 bits per heavy atom. The van der Waals surface area contributed by atoms with Gasteiger partial charge in [0.05, 0.1) is 18.4 Å². The van der Waals surface area contributed by atoms with Gasteiger partial charge in [0, 0.05) is 5.41 Å². The second kappa shape index (κ2) is 5.55. The van der Waals surface area contributed by atoms with Crippen LogP contribution in [0, 0.1) is 25.7 Å². The summed E-state index contributed by atoms with van der Waals surface area (Å²) in [4.78, 5) is 27.4. The summed E-state index contributed by atoms with van der Waals surface area (Å²) >= 11 is 0. The third-order valence-corrected chi connectivity index (χ3v) is 5.93. The van der Waals surface area contributed by atoms with Crippen LogP contribution in [0.5, 0.6) is 0 Å². The van der Waals surface area contributed by atoms with Gasteiger partial charge in [-0.1, -0.05) is 66.6 Å². The maximum absolute atomic E-state index is 13.0. The van der Waals surface area contributed by atoms with Gasteiger partial charge in [0.2, 0.25) is 11.8 Å². The Morgan fingerprint density at radius 1 is 0.920 bits per heavy atom. The fraction of sp³-hybridized carbons (Fsp3) is 0.364. The molecule has 2 aromatic carbocycles. The van der Waals surface area contributed by atoms with E-state index >= 15 is 0 Å². The maximum atomic E-state index is 13.0. The molecule has 3 nitrogen and oxygen atoms in total. The third-order valence-electron chi connectivity index (χ3n) is 5.93. The number of hydrogen-bond acceptors (Lipinski definition) is 2. The molecule has 128 valence electrons. The highest BCUT2D eigenvalue weighted by atomic mass is 16.2. The van der Waals surface area contributed by atoms with Gasteiger partial charge in [0.25, 0.3) is 0 Å². The first kappa shape index (κ1) is 16.1. The average molecular weight is 333 g/mol.